The van der Waals surface area contributed by atoms with E-state index in [4.69, 9.17) is 17.0 Å². The lowest BCUT2D eigenvalue weighted by Crippen LogP contribution is -2.29. The molecule has 1 aromatic heterocycles. The Balaban J connectivity index is 1.41. The highest BCUT2D eigenvalue weighted by Gasteiger charge is 2.31. The molecule has 3 heterocycles. The fraction of sp³-hybridized carbons (Fsp3) is 0.550. The van der Waals surface area contributed by atoms with Gasteiger partial charge in [0.05, 0.1) is 0 Å². The third kappa shape index (κ3) is 3.90. The van der Waals surface area contributed by atoms with Crippen LogP contribution in [0, 0.1) is 28.1 Å². The van der Waals surface area contributed by atoms with Gasteiger partial charge in [0.1, 0.15) is 5.82 Å². The minimum Gasteiger partial charge on any atom is -0.381 e. The Labute approximate surface area is 167 Å². The zero-order valence-corrected chi connectivity index (χ0v) is 16.4. The average Bonchev–Trinajstić information content (AvgIpc) is 3.24. The van der Waals surface area contributed by atoms with Gasteiger partial charge in [0.25, 0.3) is 0 Å². The van der Waals surface area contributed by atoms with Crippen LogP contribution in [0.25, 0.3) is 0 Å². The van der Waals surface area contributed by atoms with Gasteiger partial charge in [0.15, 0.2) is 16.4 Å². The van der Waals surface area contributed by atoms with Crippen molar-refractivity contribution in [3.05, 3.63) is 51.3 Å². The number of nitrogens with zero attached hydrogens (tertiary/aromatic N) is 1. The van der Waals surface area contributed by atoms with E-state index in [1.54, 1.807) is 0 Å². The Hall–Kier alpha value is -1.64. The van der Waals surface area contributed by atoms with E-state index in [1.807, 2.05) is 4.57 Å². The van der Waals surface area contributed by atoms with Gasteiger partial charge in [-0.2, -0.15) is 0 Å². The first kappa shape index (κ1) is 19.7. The number of hydrogen-bond donors (Lipinski definition) is 2. The second kappa shape index (κ2) is 8.39. The first-order valence-corrected chi connectivity index (χ1v) is 10.2. The Morgan fingerprint density at radius 3 is 2.71 bits per heavy atom. The number of halogens is 3. The molecule has 2 aliphatic heterocycles. The molecule has 4 rings (SSSR count). The minimum atomic E-state index is -1.09. The number of aromatic nitrogens is 2. The van der Waals surface area contributed by atoms with Crippen molar-refractivity contribution >= 4 is 12.2 Å². The smallest absolute Gasteiger partial charge is 0.177 e. The quantitative estimate of drug-likeness (QED) is 0.431. The summed E-state index contributed by atoms with van der Waals surface area (Å²) >= 11 is 5.39. The van der Waals surface area contributed by atoms with Crippen molar-refractivity contribution in [3.8, 4) is 0 Å². The number of H-pyrrole nitrogens is 1. The first-order chi connectivity index (χ1) is 13.5. The summed E-state index contributed by atoms with van der Waals surface area (Å²) in [6.07, 6.45) is 3.38. The van der Waals surface area contributed by atoms with Gasteiger partial charge in [-0.3, -0.25) is 0 Å². The Kier molecular flexibility index (Phi) is 5.89. The number of aromatic amines is 1. The van der Waals surface area contributed by atoms with E-state index in [0.717, 1.165) is 69.1 Å². The number of imidazole rings is 1. The third-order valence-corrected chi connectivity index (χ3v) is 6.16. The van der Waals surface area contributed by atoms with Crippen LogP contribution >= 0.6 is 12.2 Å². The second-order valence-electron chi connectivity index (χ2n) is 7.63. The van der Waals surface area contributed by atoms with Crippen molar-refractivity contribution in [2.45, 2.75) is 38.1 Å². The van der Waals surface area contributed by atoms with Gasteiger partial charge in [-0.15, -0.1) is 0 Å². The SMILES string of the molecule is Fc1ccc(F)c(C2Cc3c(CCNCC4CCOCC4)[nH]c(=S)n3C2)c1F. The topological polar surface area (TPSA) is 42.0 Å². The number of ether oxygens (including phenoxy) is 1. The third-order valence-electron chi connectivity index (χ3n) is 5.83. The number of rotatable bonds is 6. The molecule has 4 nitrogen and oxygen atoms in total. The maximum atomic E-state index is 14.2. The summed E-state index contributed by atoms with van der Waals surface area (Å²) in [5, 5.41) is 3.48. The lowest BCUT2D eigenvalue weighted by Gasteiger charge is -2.22. The lowest BCUT2D eigenvalue weighted by atomic mass is 9.95. The molecular formula is C20H24F3N3OS. The van der Waals surface area contributed by atoms with Gasteiger partial charge in [0, 0.05) is 55.6 Å². The molecular weight excluding hydrogens is 387 g/mol. The highest BCUT2D eigenvalue weighted by Crippen LogP contribution is 2.35. The van der Waals surface area contributed by atoms with Crippen molar-refractivity contribution in [1.82, 2.24) is 14.9 Å². The molecule has 152 valence electrons. The highest BCUT2D eigenvalue weighted by atomic mass is 32.1. The molecule has 0 spiro atoms. The largest absolute Gasteiger partial charge is 0.381 e. The number of fused-ring (bicyclic) bond motifs is 1. The molecule has 1 atom stereocenters. The molecule has 1 fully saturated rings. The summed E-state index contributed by atoms with van der Waals surface area (Å²) in [5.41, 5.74) is 1.77. The molecule has 2 N–H and O–H groups in total. The van der Waals surface area contributed by atoms with E-state index in [-0.39, 0.29) is 5.56 Å². The molecule has 0 bridgehead atoms. The van der Waals surface area contributed by atoms with Crippen LogP contribution in [0.4, 0.5) is 13.2 Å². The van der Waals surface area contributed by atoms with Crippen LogP contribution in [0.2, 0.25) is 0 Å². The van der Waals surface area contributed by atoms with Crippen molar-refractivity contribution in [3.63, 3.8) is 0 Å². The second-order valence-corrected chi connectivity index (χ2v) is 8.02. The van der Waals surface area contributed by atoms with Crippen molar-refractivity contribution in [1.29, 1.82) is 0 Å². The van der Waals surface area contributed by atoms with E-state index in [9.17, 15) is 13.2 Å². The summed E-state index contributed by atoms with van der Waals surface area (Å²) in [7, 11) is 0. The monoisotopic (exact) mass is 411 g/mol. The summed E-state index contributed by atoms with van der Waals surface area (Å²) in [6.45, 7) is 3.79. The van der Waals surface area contributed by atoms with Gasteiger partial charge < -0.3 is 19.6 Å². The van der Waals surface area contributed by atoms with E-state index in [2.05, 4.69) is 10.3 Å². The van der Waals surface area contributed by atoms with Crippen LogP contribution in [0.3, 0.4) is 0 Å². The van der Waals surface area contributed by atoms with Crippen LogP contribution < -0.4 is 5.32 Å². The standard InChI is InChI=1S/C20H24F3N3OS/c21-14-1-2-15(22)19(23)18(14)13-9-17-16(25-20(28)26(17)11-13)3-6-24-10-12-4-7-27-8-5-12/h1-2,12-13,24H,3-11H2,(H,25,28). The zero-order chi connectivity index (χ0) is 19.7. The van der Waals surface area contributed by atoms with E-state index < -0.39 is 23.4 Å². The predicted molar refractivity (Wildman–Crippen MR) is 102 cm³/mol. The molecule has 0 amide bonds. The fourth-order valence-corrected chi connectivity index (χ4v) is 4.59. The van der Waals surface area contributed by atoms with E-state index >= 15 is 0 Å². The van der Waals surface area contributed by atoms with Gasteiger partial charge in [0.2, 0.25) is 0 Å². The van der Waals surface area contributed by atoms with Gasteiger partial charge in [-0.25, -0.2) is 13.2 Å². The Morgan fingerprint density at radius 1 is 1.18 bits per heavy atom. The molecule has 1 unspecified atom stereocenters. The molecule has 0 saturated carbocycles. The number of hydrogen-bond acceptors (Lipinski definition) is 3. The van der Waals surface area contributed by atoms with E-state index in [0.29, 0.717) is 23.7 Å². The highest BCUT2D eigenvalue weighted by molar-refractivity contribution is 7.71. The summed E-state index contributed by atoms with van der Waals surface area (Å²) in [5.74, 6) is -2.61. The van der Waals surface area contributed by atoms with Crippen LogP contribution in [0.1, 0.15) is 35.7 Å². The summed E-state index contributed by atoms with van der Waals surface area (Å²) < 4.78 is 49.8. The van der Waals surface area contributed by atoms with E-state index in [1.165, 1.54) is 0 Å². The molecule has 8 heteroatoms. The molecule has 1 aromatic carbocycles. The van der Waals surface area contributed by atoms with Crippen LogP contribution in [-0.4, -0.2) is 35.9 Å². The molecule has 28 heavy (non-hydrogen) atoms. The normalized spacial score (nSPS) is 19.9. The predicted octanol–water partition coefficient (Wildman–Crippen LogP) is 3.86. The minimum absolute atomic E-state index is 0.179. The zero-order valence-electron chi connectivity index (χ0n) is 15.6. The summed E-state index contributed by atoms with van der Waals surface area (Å²) in [6, 6.07) is 1.81. The molecule has 0 aliphatic carbocycles. The fourth-order valence-electron chi connectivity index (χ4n) is 4.29. The van der Waals surface area contributed by atoms with Crippen molar-refractivity contribution < 1.29 is 17.9 Å². The maximum Gasteiger partial charge on any atom is 0.177 e. The number of benzene rings is 1. The Morgan fingerprint density at radius 2 is 1.93 bits per heavy atom. The summed E-state index contributed by atoms with van der Waals surface area (Å²) in [4.78, 5) is 3.22. The average molecular weight is 411 g/mol. The van der Waals surface area contributed by atoms with Crippen LogP contribution in [0.15, 0.2) is 12.1 Å². The van der Waals surface area contributed by atoms with Gasteiger partial charge in [-0.05, 0) is 56.1 Å². The van der Waals surface area contributed by atoms with Gasteiger partial charge >= 0.3 is 0 Å². The molecule has 2 aromatic rings. The van der Waals surface area contributed by atoms with Crippen molar-refractivity contribution in [2.24, 2.45) is 5.92 Å². The lowest BCUT2D eigenvalue weighted by molar-refractivity contribution is 0.0664. The molecule has 0 radical (unpaired) electrons. The van der Waals surface area contributed by atoms with Crippen LogP contribution in [-0.2, 0) is 24.1 Å². The van der Waals surface area contributed by atoms with Crippen LogP contribution in [0.5, 0.6) is 0 Å². The van der Waals surface area contributed by atoms with Gasteiger partial charge in [-0.1, -0.05) is 0 Å². The first-order valence-electron chi connectivity index (χ1n) is 9.77. The maximum absolute atomic E-state index is 14.2. The molecule has 1 saturated heterocycles. The number of nitrogens with one attached hydrogen (secondary N) is 2. The van der Waals surface area contributed by atoms with Crippen molar-refractivity contribution in [2.75, 3.05) is 26.3 Å². The Bertz CT molecular complexity index is 905. The molecule has 2 aliphatic rings.